The van der Waals surface area contributed by atoms with Crippen LogP contribution in [0.3, 0.4) is 0 Å². The number of carbonyl (C=O) groups excluding carboxylic acids is 1. The van der Waals surface area contributed by atoms with Gasteiger partial charge >= 0.3 is 106 Å². The van der Waals surface area contributed by atoms with Crippen LogP contribution in [0.1, 0.15) is 21.5 Å². The normalized spacial score (nSPS) is 11.2. The maximum absolute atomic E-state index is 11.1. The first-order chi connectivity index (χ1) is 8.22. The van der Waals surface area contributed by atoms with Crippen molar-refractivity contribution in [2.45, 2.75) is 13.8 Å². The van der Waals surface area contributed by atoms with Crippen molar-refractivity contribution in [2.24, 2.45) is 0 Å². The summed E-state index contributed by atoms with van der Waals surface area (Å²) in [6.45, 7) is 4.17. The van der Waals surface area contributed by atoms with Crippen molar-refractivity contribution in [3.05, 3.63) is 47.0 Å². The Balaban J connectivity index is 2.62. The minimum atomic E-state index is 0.391. The Morgan fingerprint density at radius 1 is 1.18 bits per heavy atom. The van der Waals surface area contributed by atoms with Gasteiger partial charge in [0.25, 0.3) is 0 Å². The quantitative estimate of drug-likeness (QED) is 0.494. The predicted molar refractivity (Wildman–Crippen MR) is 73.3 cm³/mol. The second kappa shape index (κ2) is 3.83. The number of aryl methyl sites for hydroxylation is 2. The summed E-state index contributed by atoms with van der Waals surface area (Å²) in [7, 11) is 0. The van der Waals surface area contributed by atoms with Gasteiger partial charge in [-0.05, 0) is 0 Å². The van der Waals surface area contributed by atoms with Gasteiger partial charge in [-0.3, -0.25) is 0 Å². The fraction of sp³-hybridized carbons (Fsp3) is 0.133. The average Bonchev–Trinajstić information content (AvgIpc) is 2.73. The molecule has 17 heavy (non-hydrogen) atoms. The number of hydrogen-bond acceptors (Lipinski definition) is 1. The van der Waals surface area contributed by atoms with Gasteiger partial charge in [0, 0.05) is 0 Å². The molecule has 3 aromatic rings. The van der Waals surface area contributed by atoms with Crippen molar-refractivity contribution >= 4 is 40.1 Å². The van der Waals surface area contributed by atoms with Crippen molar-refractivity contribution in [3.63, 3.8) is 0 Å². The van der Waals surface area contributed by atoms with E-state index in [2.05, 4.69) is 38.1 Å². The molecule has 1 heterocycles. The van der Waals surface area contributed by atoms with Crippen molar-refractivity contribution in [2.75, 3.05) is 0 Å². The standard InChI is InChI=1S/C15H12OSe/c1-9-7-11(8-16)10(2)14-12-5-3-4-6-13(12)17-15(9)14/h3-8H,1-2H3. The molecule has 84 valence electrons. The van der Waals surface area contributed by atoms with Crippen LogP contribution in [0.2, 0.25) is 0 Å². The molecule has 3 rings (SSSR count). The molecule has 0 unspecified atom stereocenters. The first-order valence-corrected chi connectivity index (χ1v) is 7.30. The first-order valence-electron chi connectivity index (χ1n) is 5.59. The molecule has 0 aliphatic heterocycles. The maximum atomic E-state index is 11.1. The zero-order valence-corrected chi connectivity index (χ0v) is 11.5. The second-order valence-electron chi connectivity index (χ2n) is 4.33. The van der Waals surface area contributed by atoms with Crippen LogP contribution in [-0.2, 0) is 0 Å². The Bertz CT molecular complexity index is 737. The molecular weight excluding hydrogens is 275 g/mol. The summed E-state index contributed by atoms with van der Waals surface area (Å²) in [6.07, 6.45) is 0.969. The molecule has 1 nitrogen and oxygen atoms in total. The van der Waals surface area contributed by atoms with E-state index < -0.39 is 0 Å². The van der Waals surface area contributed by atoms with Gasteiger partial charge in [-0.1, -0.05) is 0 Å². The van der Waals surface area contributed by atoms with E-state index in [1.165, 1.54) is 24.9 Å². The number of benzene rings is 2. The predicted octanol–water partition coefficient (Wildman–Crippen LogP) is 3.48. The Kier molecular flexibility index (Phi) is 2.43. The molecule has 0 aliphatic carbocycles. The summed E-state index contributed by atoms with van der Waals surface area (Å²) in [6, 6.07) is 10.6. The van der Waals surface area contributed by atoms with Crippen molar-refractivity contribution in [1.82, 2.24) is 0 Å². The summed E-state index contributed by atoms with van der Waals surface area (Å²) in [5.74, 6) is 0. The van der Waals surface area contributed by atoms with Gasteiger partial charge in [-0.25, -0.2) is 0 Å². The third kappa shape index (κ3) is 1.49. The Labute approximate surface area is 106 Å². The van der Waals surface area contributed by atoms with E-state index in [0.717, 1.165) is 17.4 Å². The molecule has 0 bridgehead atoms. The molecule has 0 aliphatic rings. The van der Waals surface area contributed by atoms with Gasteiger partial charge in [0.2, 0.25) is 0 Å². The topological polar surface area (TPSA) is 17.1 Å². The van der Waals surface area contributed by atoms with Crippen LogP contribution in [0.25, 0.3) is 19.3 Å². The number of fused-ring (bicyclic) bond motifs is 3. The summed E-state index contributed by atoms with van der Waals surface area (Å²) in [5, 5.41) is 2.63. The fourth-order valence-corrected chi connectivity index (χ4v) is 4.95. The van der Waals surface area contributed by atoms with Crippen molar-refractivity contribution < 1.29 is 4.79 Å². The molecule has 0 atom stereocenters. The van der Waals surface area contributed by atoms with Gasteiger partial charge in [0.1, 0.15) is 0 Å². The Morgan fingerprint density at radius 2 is 1.94 bits per heavy atom. The van der Waals surface area contributed by atoms with Crippen LogP contribution >= 0.6 is 0 Å². The molecule has 0 N–H and O–H groups in total. The molecule has 0 amide bonds. The summed E-state index contributed by atoms with van der Waals surface area (Å²) < 4.78 is 2.88. The summed E-state index contributed by atoms with van der Waals surface area (Å²) in [5.41, 5.74) is 3.21. The summed E-state index contributed by atoms with van der Waals surface area (Å²) in [4.78, 5) is 11.1. The van der Waals surface area contributed by atoms with Gasteiger partial charge < -0.3 is 0 Å². The Morgan fingerprint density at radius 3 is 2.71 bits per heavy atom. The van der Waals surface area contributed by atoms with E-state index in [-0.39, 0.29) is 0 Å². The number of carbonyl (C=O) groups is 1. The average molecular weight is 287 g/mol. The number of rotatable bonds is 1. The molecular formula is C15H12OSe. The van der Waals surface area contributed by atoms with Crippen LogP contribution in [0.15, 0.2) is 30.3 Å². The van der Waals surface area contributed by atoms with Gasteiger partial charge in [-0.2, -0.15) is 0 Å². The molecule has 2 heteroatoms. The zero-order valence-electron chi connectivity index (χ0n) is 9.78. The van der Waals surface area contributed by atoms with E-state index in [0.29, 0.717) is 14.5 Å². The number of aldehydes is 1. The fourth-order valence-electron chi connectivity index (χ4n) is 2.37. The van der Waals surface area contributed by atoms with Crippen LogP contribution in [0.5, 0.6) is 0 Å². The molecule has 0 fully saturated rings. The van der Waals surface area contributed by atoms with E-state index in [4.69, 9.17) is 0 Å². The van der Waals surface area contributed by atoms with E-state index >= 15 is 0 Å². The summed E-state index contributed by atoms with van der Waals surface area (Å²) >= 11 is 0.391. The van der Waals surface area contributed by atoms with Gasteiger partial charge in [0.05, 0.1) is 0 Å². The second-order valence-corrected chi connectivity index (χ2v) is 6.54. The molecule has 0 spiro atoms. The van der Waals surface area contributed by atoms with Crippen LogP contribution < -0.4 is 0 Å². The van der Waals surface area contributed by atoms with Crippen molar-refractivity contribution in [1.29, 1.82) is 0 Å². The Hall–Kier alpha value is -1.37. The number of hydrogen-bond donors (Lipinski definition) is 0. The van der Waals surface area contributed by atoms with E-state index in [1.807, 2.05) is 6.07 Å². The minimum absolute atomic E-state index is 0.391. The molecule has 0 saturated carbocycles. The molecule has 2 aromatic carbocycles. The molecule has 1 aromatic heterocycles. The first kappa shape index (κ1) is 10.8. The third-order valence-corrected chi connectivity index (χ3v) is 6.00. The third-order valence-electron chi connectivity index (χ3n) is 3.26. The van der Waals surface area contributed by atoms with Crippen LogP contribution in [0, 0.1) is 13.8 Å². The molecule has 0 radical (unpaired) electrons. The molecule has 0 saturated heterocycles. The van der Waals surface area contributed by atoms with Crippen molar-refractivity contribution in [3.8, 4) is 0 Å². The van der Waals surface area contributed by atoms with Crippen LogP contribution in [-0.4, -0.2) is 20.8 Å². The van der Waals surface area contributed by atoms with Crippen LogP contribution in [0.4, 0.5) is 0 Å². The van der Waals surface area contributed by atoms with Gasteiger partial charge in [0.15, 0.2) is 0 Å². The van der Waals surface area contributed by atoms with Gasteiger partial charge in [-0.15, -0.1) is 0 Å². The van der Waals surface area contributed by atoms with E-state index in [1.54, 1.807) is 0 Å². The SMILES string of the molecule is Cc1cc(C=O)c(C)c2c1[se]c1ccccc12. The zero-order chi connectivity index (χ0) is 12.0. The monoisotopic (exact) mass is 288 g/mol. The van der Waals surface area contributed by atoms with E-state index in [9.17, 15) is 4.79 Å².